The fraction of sp³-hybridized carbons (Fsp3) is 0.577. The molecule has 4 aliphatic rings. The van der Waals surface area contributed by atoms with Crippen LogP contribution in [-0.2, 0) is 5.41 Å². The summed E-state index contributed by atoms with van der Waals surface area (Å²) in [7, 11) is 2.01. The summed E-state index contributed by atoms with van der Waals surface area (Å²) in [4.78, 5) is 6.66. The molecule has 0 radical (unpaired) electrons. The summed E-state index contributed by atoms with van der Waals surface area (Å²) in [5.74, 6) is 3.25. The van der Waals surface area contributed by atoms with E-state index in [-0.39, 0.29) is 5.41 Å². The molecule has 0 N–H and O–H groups in total. The van der Waals surface area contributed by atoms with Crippen molar-refractivity contribution in [2.24, 2.45) is 22.7 Å². The van der Waals surface area contributed by atoms with E-state index in [1.54, 1.807) is 0 Å². The van der Waals surface area contributed by atoms with E-state index < -0.39 is 0 Å². The van der Waals surface area contributed by atoms with Crippen LogP contribution in [0.25, 0.3) is 0 Å². The van der Waals surface area contributed by atoms with Gasteiger partial charge in [-0.15, -0.1) is 0 Å². The molecule has 0 aliphatic heterocycles. The number of aromatic nitrogens is 1. The van der Waals surface area contributed by atoms with E-state index in [1.165, 1.54) is 50.1 Å². The van der Waals surface area contributed by atoms with Gasteiger partial charge in [-0.25, -0.2) is 4.99 Å². The Bertz CT molecular complexity index is 1060. The van der Waals surface area contributed by atoms with E-state index in [0.29, 0.717) is 10.6 Å². The number of hydrogen-bond acceptors (Lipinski definition) is 5. The topological polar surface area (TPSA) is 61.5 Å². The average Bonchev–Trinajstić information content (AvgIpc) is 3.17. The molecular weight excluding hydrogens is 416 g/mol. The first kappa shape index (κ1) is 21.5. The fourth-order valence-corrected chi connectivity index (χ4v) is 7.39. The minimum Gasteiger partial charge on any atom is -0.443 e. The van der Waals surface area contributed by atoms with Crippen molar-refractivity contribution < 1.29 is 4.74 Å². The molecule has 4 bridgehead atoms. The summed E-state index contributed by atoms with van der Waals surface area (Å²) in [6.07, 6.45) is 9.62. The molecule has 1 aromatic carbocycles. The second-order valence-electron chi connectivity index (χ2n) is 10.3. The van der Waals surface area contributed by atoms with Crippen LogP contribution in [0.15, 0.2) is 17.1 Å². The molecule has 4 saturated carbocycles. The molecule has 0 spiro atoms. The van der Waals surface area contributed by atoms with Crippen molar-refractivity contribution >= 4 is 23.6 Å². The number of nitriles is 1. The van der Waals surface area contributed by atoms with Gasteiger partial charge in [-0.2, -0.15) is 9.64 Å². The van der Waals surface area contributed by atoms with Gasteiger partial charge in [-0.05, 0) is 100 Å². The number of aliphatic imine (C=N–C) groups is 1. The Morgan fingerprint density at radius 1 is 1.19 bits per heavy atom. The summed E-state index contributed by atoms with van der Waals surface area (Å²) in [5.41, 5.74) is 4.80. The molecule has 1 aromatic heterocycles. The zero-order chi connectivity index (χ0) is 22.5. The largest absolute Gasteiger partial charge is 0.443 e. The lowest BCUT2D eigenvalue weighted by Crippen LogP contribution is -2.49. The van der Waals surface area contributed by atoms with Crippen molar-refractivity contribution in [1.29, 1.82) is 5.26 Å². The lowest BCUT2D eigenvalue weighted by molar-refractivity contribution is -0.00693. The van der Waals surface area contributed by atoms with E-state index in [4.69, 9.17) is 9.11 Å². The number of rotatable bonds is 6. The van der Waals surface area contributed by atoms with E-state index >= 15 is 0 Å². The first-order valence-electron chi connectivity index (χ1n) is 11.8. The lowest BCUT2D eigenvalue weighted by atomic mass is 9.48. The normalized spacial score (nSPS) is 28.3. The summed E-state index contributed by atoms with van der Waals surface area (Å²) >= 11 is 1.35. The van der Waals surface area contributed by atoms with Crippen molar-refractivity contribution in [3.63, 3.8) is 0 Å². The van der Waals surface area contributed by atoms with E-state index in [2.05, 4.69) is 24.1 Å². The van der Waals surface area contributed by atoms with Crippen LogP contribution in [0.4, 0.5) is 5.69 Å². The van der Waals surface area contributed by atoms with Gasteiger partial charge in [-0.3, -0.25) is 0 Å². The van der Waals surface area contributed by atoms with Crippen LogP contribution in [0.5, 0.6) is 10.8 Å². The van der Waals surface area contributed by atoms with Crippen molar-refractivity contribution in [3.8, 4) is 16.9 Å². The molecule has 4 aliphatic carbocycles. The van der Waals surface area contributed by atoms with E-state index in [0.717, 1.165) is 52.6 Å². The number of hydrogen-bond donors (Lipinski definition) is 0. The quantitative estimate of drug-likeness (QED) is 0.374. The second kappa shape index (κ2) is 8.19. The minimum atomic E-state index is 0.104. The Morgan fingerprint density at radius 2 is 1.84 bits per heavy atom. The minimum absolute atomic E-state index is 0.104. The summed E-state index contributed by atoms with van der Waals surface area (Å²) in [6.45, 7) is 7.09. The van der Waals surface area contributed by atoms with Crippen molar-refractivity contribution in [1.82, 2.24) is 9.27 Å². The molecule has 6 heteroatoms. The highest BCUT2D eigenvalue weighted by Crippen LogP contribution is 2.61. The molecular formula is C26H32N4OS. The van der Waals surface area contributed by atoms with Gasteiger partial charge >= 0.3 is 0 Å². The molecule has 0 amide bonds. The number of aryl methyl sites for hydroxylation is 2. The first-order chi connectivity index (χ1) is 15.4. The highest BCUT2D eigenvalue weighted by molar-refractivity contribution is 7.08. The molecule has 5 nitrogen and oxygen atoms in total. The molecule has 0 unspecified atom stereocenters. The Hall–Kier alpha value is -2.39. The van der Waals surface area contributed by atoms with Gasteiger partial charge in [0.05, 0.1) is 17.7 Å². The molecule has 4 fully saturated rings. The van der Waals surface area contributed by atoms with Crippen LogP contribution >= 0.6 is 11.5 Å². The van der Waals surface area contributed by atoms with E-state index in [9.17, 15) is 5.26 Å². The molecule has 32 heavy (non-hydrogen) atoms. The molecule has 168 valence electrons. The van der Waals surface area contributed by atoms with Gasteiger partial charge in [-0.1, -0.05) is 0 Å². The van der Waals surface area contributed by atoms with E-state index in [1.807, 2.05) is 38.2 Å². The summed E-state index contributed by atoms with van der Waals surface area (Å²) < 4.78 is 11.2. The second-order valence-corrected chi connectivity index (χ2v) is 11.1. The first-order valence-corrected chi connectivity index (χ1v) is 12.6. The Labute approximate surface area is 195 Å². The average molecular weight is 449 g/mol. The highest BCUT2D eigenvalue weighted by Gasteiger charge is 2.53. The van der Waals surface area contributed by atoms with Crippen molar-refractivity contribution in [2.75, 3.05) is 13.6 Å². The maximum Gasteiger partial charge on any atom is 0.218 e. The third-order valence-corrected chi connectivity index (χ3v) is 8.63. The number of nitrogens with zero attached hydrogens (tertiary/aromatic N) is 4. The molecule has 2 aromatic rings. The van der Waals surface area contributed by atoms with Crippen LogP contribution in [0.1, 0.15) is 67.8 Å². The van der Waals surface area contributed by atoms with Crippen LogP contribution in [0.2, 0.25) is 0 Å². The van der Waals surface area contributed by atoms with Crippen molar-refractivity contribution in [3.05, 3.63) is 34.5 Å². The van der Waals surface area contributed by atoms with Crippen molar-refractivity contribution in [2.45, 2.75) is 64.7 Å². The third-order valence-electron chi connectivity index (χ3n) is 7.90. The van der Waals surface area contributed by atoms with Crippen LogP contribution in [0, 0.1) is 42.9 Å². The molecule has 1 heterocycles. The zero-order valence-electron chi connectivity index (χ0n) is 19.5. The third kappa shape index (κ3) is 3.71. The monoisotopic (exact) mass is 448 g/mol. The van der Waals surface area contributed by atoms with Gasteiger partial charge in [0.2, 0.25) is 5.06 Å². The SMILES string of the molecule is CCN(C)C=Nc1cc(C)c(Oc2snc(C34CC5CC(CC(C5)C3)C4)c2C#N)cc1C. The van der Waals surface area contributed by atoms with Gasteiger partial charge in [0, 0.05) is 30.5 Å². The van der Waals surface area contributed by atoms with Gasteiger partial charge in [0.1, 0.15) is 17.4 Å². The maximum absolute atomic E-state index is 10.1. The zero-order valence-corrected chi connectivity index (χ0v) is 20.3. The van der Waals surface area contributed by atoms with Crippen LogP contribution in [0.3, 0.4) is 0 Å². The summed E-state index contributed by atoms with van der Waals surface area (Å²) in [5, 5.41) is 10.7. The maximum atomic E-state index is 10.1. The molecule has 6 rings (SSSR count). The number of ether oxygens (including phenoxy) is 1. The lowest BCUT2D eigenvalue weighted by Gasteiger charge is -2.56. The van der Waals surface area contributed by atoms with Gasteiger partial charge in [0.25, 0.3) is 0 Å². The predicted octanol–water partition coefficient (Wildman–Crippen LogP) is 6.50. The Kier molecular flexibility index (Phi) is 5.49. The smallest absolute Gasteiger partial charge is 0.218 e. The Balaban J connectivity index is 1.43. The van der Waals surface area contributed by atoms with Crippen LogP contribution < -0.4 is 4.74 Å². The molecule has 0 saturated heterocycles. The summed E-state index contributed by atoms with van der Waals surface area (Å²) in [6, 6.07) is 6.55. The standard InChI is InChI=1S/C26H32N4OS/c1-5-30(4)15-28-22-6-17(3)23(7-16(22)2)31-25-21(14-27)24(29-32-25)26-11-18-8-19(12-26)10-20(9-18)13-26/h6-7,15,18-20H,5,8-13H2,1-4H3. The Morgan fingerprint density at radius 3 is 2.44 bits per heavy atom. The highest BCUT2D eigenvalue weighted by atomic mass is 32.1. The van der Waals surface area contributed by atoms with Crippen LogP contribution in [-0.4, -0.2) is 29.2 Å². The molecule has 0 atom stereocenters. The predicted molar refractivity (Wildman–Crippen MR) is 129 cm³/mol. The fourth-order valence-electron chi connectivity index (χ4n) is 6.57. The number of benzene rings is 1. The van der Waals surface area contributed by atoms with Gasteiger partial charge < -0.3 is 9.64 Å². The van der Waals surface area contributed by atoms with Gasteiger partial charge in [0.15, 0.2) is 0 Å².